The van der Waals surface area contributed by atoms with Crippen LogP contribution in [0.5, 0.6) is 5.88 Å². The first-order valence-corrected chi connectivity index (χ1v) is 4.59. The van der Waals surface area contributed by atoms with Crippen LogP contribution in [0.3, 0.4) is 0 Å². The number of carbonyl (C=O) groups excluding carboxylic acids is 1. The van der Waals surface area contributed by atoms with Crippen LogP contribution in [0.4, 0.5) is 0 Å². The summed E-state index contributed by atoms with van der Waals surface area (Å²) in [5, 5.41) is 17.9. The third-order valence-electron chi connectivity index (χ3n) is 2.17. The van der Waals surface area contributed by atoms with E-state index < -0.39 is 11.5 Å². The highest BCUT2D eigenvalue weighted by Crippen LogP contribution is 2.12. The van der Waals surface area contributed by atoms with E-state index in [0.717, 1.165) is 4.57 Å². The number of aryl methyl sites for hydroxylation is 1. The number of aromatic hydroxyl groups is 1. The highest BCUT2D eigenvalue weighted by molar-refractivity contribution is 5.93. The fourth-order valence-corrected chi connectivity index (χ4v) is 1.43. The smallest absolute Gasteiger partial charge is 0.266 e. The van der Waals surface area contributed by atoms with Gasteiger partial charge >= 0.3 is 0 Å². The second-order valence-corrected chi connectivity index (χ2v) is 3.29. The number of aromatic nitrogens is 1. The first-order valence-electron chi connectivity index (χ1n) is 4.59. The highest BCUT2D eigenvalue weighted by Gasteiger charge is 2.15. The molecule has 1 rings (SSSR count). The lowest BCUT2D eigenvalue weighted by Gasteiger charge is -2.09. The molecule has 0 fully saturated rings. The second-order valence-electron chi connectivity index (χ2n) is 3.29. The number of primary amides is 1. The van der Waals surface area contributed by atoms with E-state index in [1.807, 2.05) is 6.07 Å². The molecule has 84 valence electrons. The summed E-state index contributed by atoms with van der Waals surface area (Å²) in [5.74, 6) is -1.11. The molecule has 6 nitrogen and oxygen atoms in total. The van der Waals surface area contributed by atoms with E-state index in [2.05, 4.69) is 0 Å². The standard InChI is InChI=1S/C10H11N3O3/c1-6-5-7(14)13(4-2-3-11)10(16)8(6)9(12)15/h5,14H,2,4H2,1H3,(H2,12,15). The summed E-state index contributed by atoms with van der Waals surface area (Å²) in [7, 11) is 0. The maximum atomic E-state index is 11.8. The summed E-state index contributed by atoms with van der Waals surface area (Å²) in [6.07, 6.45) is 0.0642. The number of nitrogens with two attached hydrogens (primary N) is 1. The van der Waals surface area contributed by atoms with Crippen LogP contribution in [0, 0.1) is 18.3 Å². The molecule has 0 aromatic carbocycles. The molecule has 0 spiro atoms. The Morgan fingerprint density at radius 1 is 1.69 bits per heavy atom. The number of rotatable bonds is 3. The number of nitriles is 1. The zero-order chi connectivity index (χ0) is 12.3. The third kappa shape index (κ3) is 2.03. The Labute approximate surface area is 91.5 Å². The SMILES string of the molecule is Cc1cc(O)n(CCC#N)c(=O)c1C(N)=O. The van der Waals surface area contributed by atoms with Gasteiger partial charge in [0, 0.05) is 12.6 Å². The molecule has 0 atom stereocenters. The normalized spacial score (nSPS) is 9.75. The number of hydrogen-bond acceptors (Lipinski definition) is 4. The van der Waals surface area contributed by atoms with E-state index in [-0.39, 0.29) is 24.4 Å². The van der Waals surface area contributed by atoms with E-state index in [4.69, 9.17) is 11.0 Å². The van der Waals surface area contributed by atoms with Crippen LogP contribution in [-0.2, 0) is 6.54 Å². The van der Waals surface area contributed by atoms with Gasteiger partial charge in [0.15, 0.2) is 5.88 Å². The van der Waals surface area contributed by atoms with Gasteiger partial charge in [0.2, 0.25) is 0 Å². The molecule has 0 radical (unpaired) electrons. The van der Waals surface area contributed by atoms with Crippen molar-refractivity contribution in [2.24, 2.45) is 5.73 Å². The van der Waals surface area contributed by atoms with Crippen molar-refractivity contribution in [3.63, 3.8) is 0 Å². The summed E-state index contributed by atoms with van der Waals surface area (Å²) in [4.78, 5) is 22.8. The number of hydrogen-bond donors (Lipinski definition) is 2. The predicted molar refractivity (Wildman–Crippen MR) is 55.9 cm³/mol. The van der Waals surface area contributed by atoms with Gasteiger partial charge in [0.1, 0.15) is 5.56 Å². The van der Waals surface area contributed by atoms with Crippen molar-refractivity contribution >= 4 is 5.91 Å². The van der Waals surface area contributed by atoms with Gasteiger partial charge in [-0.15, -0.1) is 0 Å². The maximum Gasteiger partial charge on any atom is 0.266 e. The molecular weight excluding hydrogens is 210 g/mol. The first-order chi connectivity index (χ1) is 7.49. The molecule has 1 aromatic heterocycles. The van der Waals surface area contributed by atoms with Crippen molar-refractivity contribution in [2.45, 2.75) is 19.9 Å². The second kappa shape index (κ2) is 4.49. The van der Waals surface area contributed by atoms with Gasteiger partial charge in [-0.1, -0.05) is 0 Å². The van der Waals surface area contributed by atoms with E-state index in [1.165, 1.54) is 13.0 Å². The van der Waals surface area contributed by atoms with Gasteiger partial charge in [0.25, 0.3) is 11.5 Å². The first kappa shape index (κ1) is 11.8. The Morgan fingerprint density at radius 2 is 2.31 bits per heavy atom. The number of amides is 1. The molecule has 0 saturated heterocycles. The minimum absolute atomic E-state index is 0.0295. The Balaban J connectivity index is 3.41. The van der Waals surface area contributed by atoms with Crippen molar-refractivity contribution in [3.8, 4) is 11.9 Å². The lowest BCUT2D eigenvalue weighted by atomic mass is 10.1. The molecular formula is C10H11N3O3. The van der Waals surface area contributed by atoms with Crippen LogP contribution >= 0.6 is 0 Å². The highest BCUT2D eigenvalue weighted by atomic mass is 16.3. The number of nitrogens with zero attached hydrogens (tertiary/aromatic N) is 2. The third-order valence-corrected chi connectivity index (χ3v) is 2.17. The molecule has 0 bridgehead atoms. The Morgan fingerprint density at radius 3 is 2.81 bits per heavy atom. The van der Waals surface area contributed by atoms with Crippen molar-refractivity contribution in [1.29, 1.82) is 5.26 Å². The van der Waals surface area contributed by atoms with Gasteiger partial charge < -0.3 is 10.8 Å². The summed E-state index contributed by atoms with van der Waals surface area (Å²) < 4.78 is 0.955. The van der Waals surface area contributed by atoms with Crippen molar-refractivity contribution in [3.05, 3.63) is 27.5 Å². The number of pyridine rings is 1. The minimum Gasteiger partial charge on any atom is -0.494 e. The summed E-state index contributed by atoms with van der Waals surface area (Å²) in [5.41, 5.74) is 4.56. The van der Waals surface area contributed by atoms with E-state index >= 15 is 0 Å². The molecule has 1 aromatic rings. The van der Waals surface area contributed by atoms with Crippen LogP contribution in [0.15, 0.2) is 10.9 Å². The zero-order valence-electron chi connectivity index (χ0n) is 8.73. The Kier molecular flexibility index (Phi) is 3.30. The average Bonchev–Trinajstić information content (AvgIpc) is 2.16. The van der Waals surface area contributed by atoms with Gasteiger partial charge in [-0.3, -0.25) is 14.2 Å². The lowest BCUT2D eigenvalue weighted by Crippen LogP contribution is -2.30. The maximum absolute atomic E-state index is 11.8. The van der Waals surface area contributed by atoms with Gasteiger partial charge in [0.05, 0.1) is 12.5 Å². The Bertz CT molecular complexity index is 525. The van der Waals surface area contributed by atoms with Crippen LogP contribution in [0.2, 0.25) is 0 Å². The molecule has 0 saturated carbocycles. The molecule has 0 unspecified atom stereocenters. The van der Waals surface area contributed by atoms with Crippen molar-refractivity contribution < 1.29 is 9.90 Å². The van der Waals surface area contributed by atoms with Crippen molar-refractivity contribution in [1.82, 2.24) is 4.57 Å². The van der Waals surface area contributed by atoms with Crippen LogP contribution in [0.25, 0.3) is 0 Å². The minimum atomic E-state index is -0.840. The monoisotopic (exact) mass is 221 g/mol. The van der Waals surface area contributed by atoms with Gasteiger partial charge in [-0.2, -0.15) is 5.26 Å². The zero-order valence-corrected chi connectivity index (χ0v) is 8.73. The molecule has 0 aliphatic heterocycles. The molecule has 1 heterocycles. The van der Waals surface area contributed by atoms with Crippen LogP contribution in [0.1, 0.15) is 22.3 Å². The summed E-state index contributed by atoms with van der Waals surface area (Å²) in [6.45, 7) is 1.54. The Hall–Kier alpha value is -2.29. The quantitative estimate of drug-likeness (QED) is 0.741. The van der Waals surface area contributed by atoms with Crippen molar-refractivity contribution in [2.75, 3.05) is 0 Å². The van der Waals surface area contributed by atoms with E-state index in [9.17, 15) is 14.7 Å². The molecule has 1 amide bonds. The average molecular weight is 221 g/mol. The fourth-order valence-electron chi connectivity index (χ4n) is 1.43. The van der Waals surface area contributed by atoms with Gasteiger partial charge in [-0.05, 0) is 12.5 Å². The largest absolute Gasteiger partial charge is 0.494 e. The van der Waals surface area contributed by atoms with Gasteiger partial charge in [-0.25, -0.2) is 0 Å². The van der Waals surface area contributed by atoms with Crippen LogP contribution in [-0.4, -0.2) is 15.6 Å². The molecule has 16 heavy (non-hydrogen) atoms. The molecule has 0 aliphatic carbocycles. The topological polar surface area (TPSA) is 109 Å². The summed E-state index contributed by atoms with van der Waals surface area (Å²) >= 11 is 0. The molecule has 6 heteroatoms. The molecule has 3 N–H and O–H groups in total. The molecule has 0 aliphatic rings. The lowest BCUT2D eigenvalue weighted by molar-refractivity contribution is 0.0997. The van der Waals surface area contributed by atoms with E-state index in [0.29, 0.717) is 5.56 Å². The van der Waals surface area contributed by atoms with E-state index in [1.54, 1.807) is 0 Å². The fraction of sp³-hybridized carbons (Fsp3) is 0.300. The van der Waals surface area contributed by atoms with Crippen LogP contribution < -0.4 is 11.3 Å². The predicted octanol–water partition coefficient (Wildman–Crippen LogP) is -0.125. The number of carbonyl (C=O) groups is 1. The summed E-state index contributed by atoms with van der Waals surface area (Å²) in [6, 6.07) is 3.12.